The normalized spacial score (nSPS) is 10.7. The number of hydrogen-bond donors (Lipinski definition) is 3. The van der Waals surface area contributed by atoms with Gasteiger partial charge < -0.3 is 16.4 Å². The predicted octanol–water partition coefficient (Wildman–Crippen LogP) is 0.958. The molecule has 2 amide bonds. The minimum Gasteiger partial charge on any atom is -0.354 e. The van der Waals surface area contributed by atoms with Crippen molar-refractivity contribution in [1.82, 2.24) is 15.6 Å². The van der Waals surface area contributed by atoms with Crippen LogP contribution in [0.3, 0.4) is 0 Å². The highest BCUT2D eigenvalue weighted by atomic mass is 35.5. The maximum atomic E-state index is 11.8. The fourth-order valence-electron chi connectivity index (χ4n) is 1.36. The van der Waals surface area contributed by atoms with Crippen LogP contribution in [0, 0.1) is 5.41 Å². The number of thiazole rings is 1. The van der Waals surface area contributed by atoms with Crippen LogP contribution in [0.15, 0.2) is 5.38 Å². The van der Waals surface area contributed by atoms with Crippen LogP contribution >= 0.6 is 23.7 Å². The standard InChI is InChI=1S/C13H22N4O2S.ClH/c1-13(2,3)12(19)16-7-6-15-11(18)9-8-20-10(17-9)4-5-14;/h8H,4-7,14H2,1-3H3,(H,15,18)(H,16,19);1H. The molecule has 120 valence electrons. The van der Waals surface area contributed by atoms with E-state index < -0.39 is 5.41 Å². The van der Waals surface area contributed by atoms with E-state index in [0.29, 0.717) is 31.7 Å². The number of rotatable bonds is 6. The molecular formula is C13H23ClN4O2S. The number of nitrogens with zero attached hydrogens (tertiary/aromatic N) is 1. The van der Waals surface area contributed by atoms with Gasteiger partial charge >= 0.3 is 0 Å². The zero-order valence-corrected chi connectivity index (χ0v) is 14.2. The molecular weight excluding hydrogens is 312 g/mol. The summed E-state index contributed by atoms with van der Waals surface area (Å²) in [4.78, 5) is 27.6. The molecule has 21 heavy (non-hydrogen) atoms. The number of aromatic nitrogens is 1. The van der Waals surface area contributed by atoms with Crippen LogP contribution in [0.4, 0.5) is 0 Å². The van der Waals surface area contributed by atoms with Crippen LogP contribution in [-0.4, -0.2) is 36.4 Å². The van der Waals surface area contributed by atoms with Crippen LogP contribution in [0.2, 0.25) is 0 Å². The smallest absolute Gasteiger partial charge is 0.270 e. The van der Waals surface area contributed by atoms with E-state index in [0.717, 1.165) is 5.01 Å². The second kappa shape index (κ2) is 8.96. The molecule has 0 saturated carbocycles. The molecule has 1 aromatic heterocycles. The number of amides is 2. The molecule has 0 spiro atoms. The zero-order chi connectivity index (χ0) is 15.2. The van der Waals surface area contributed by atoms with E-state index in [2.05, 4.69) is 15.6 Å². The summed E-state index contributed by atoms with van der Waals surface area (Å²) in [5.74, 6) is -0.264. The third kappa shape index (κ3) is 6.88. The first-order valence-corrected chi connectivity index (χ1v) is 7.43. The highest BCUT2D eigenvalue weighted by Gasteiger charge is 2.20. The highest BCUT2D eigenvalue weighted by molar-refractivity contribution is 7.09. The summed E-state index contributed by atoms with van der Waals surface area (Å²) in [7, 11) is 0. The summed E-state index contributed by atoms with van der Waals surface area (Å²) in [6.07, 6.45) is 0.680. The van der Waals surface area contributed by atoms with Gasteiger partial charge in [0.05, 0.1) is 5.01 Å². The van der Waals surface area contributed by atoms with Crippen molar-refractivity contribution < 1.29 is 9.59 Å². The maximum Gasteiger partial charge on any atom is 0.270 e. The molecule has 4 N–H and O–H groups in total. The first-order valence-electron chi connectivity index (χ1n) is 6.55. The molecule has 0 fully saturated rings. The van der Waals surface area contributed by atoms with Gasteiger partial charge in [0.25, 0.3) is 5.91 Å². The van der Waals surface area contributed by atoms with Crippen LogP contribution in [0.5, 0.6) is 0 Å². The lowest BCUT2D eigenvalue weighted by Gasteiger charge is -2.17. The number of carbonyl (C=O) groups excluding carboxylic acids is 2. The number of halogens is 1. The van der Waals surface area contributed by atoms with Crippen LogP contribution < -0.4 is 16.4 Å². The topological polar surface area (TPSA) is 97.1 Å². The van der Waals surface area contributed by atoms with E-state index in [1.807, 2.05) is 20.8 Å². The Morgan fingerprint density at radius 1 is 1.29 bits per heavy atom. The van der Waals surface area contributed by atoms with Crippen LogP contribution in [0.25, 0.3) is 0 Å². The fraction of sp³-hybridized carbons (Fsp3) is 0.615. The number of nitrogens with two attached hydrogens (primary N) is 1. The van der Waals surface area contributed by atoms with Crippen molar-refractivity contribution in [2.45, 2.75) is 27.2 Å². The van der Waals surface area contributed by atoms with Crippen molar-refractivity contribution in [2.24, 2.45) is 11.1 Å². The average Bonchev–Trinajstić information content (AvgIpc) is 2.82. The molecule has 0 atom stereocenters. The van der Waals surface area contributed by atoms with E-state index in [1.165, 1.54) is 11.3 Å². The third-order valence-electron chi connectivity index (χ3n) is 2.52. The number of carbonyl (C=O) groups is 2. The van der Waals surface area contributed by atoms with Gasteiger partial charge in [-0.05, 0) is 6.54 Å². The van der Waals surface area contributed by atoms with Gasteiger partial charge in [0, 0.05) is 30.3 Å². The van der Waals surface area contributed by atoms with Crippen molar-refractivity contribution in [2.75, 3.05) is 19.6 Å². The minimum absolute atomic E-state index is 0. The second-order valence-corrected chi connectivity index (χ2v) is 6.37. The molecule has 0 aliphatic heterocycles. The quantitative estimate of drug-likeness (QED) is 0.675. The monoisotopic (exact) mass is 334 g/mol. The zero-order valence-electron chi connectivity index (χ0n) is 12.6. The summed E-state index contributed by atoms with van der Waals surface area (Å²) in [5, 5.41) is 8.06. The molecule has 0 saturated heterocycles. The molecule has 0 aromatic carbocycles. The van der Waals surface area contributed by atoms with Crippen molar-refractivity contribution in [3.05, 3.63) is 16.1 Å². The molecule has 0 bridgehead atoms. The van der Waals surface area contributed by atoms with E-state index in [9.17, 15) is 9.59 Å². The lowest BCUT2D eigenvalue weighted by Crippen LogP contribution is -2.39. The summed E-state index contributed by atoms with van der Waals surface area (Å²) >= 11 is 1.43. The van der Waals surface area contributed by atoms with Gasteiger partial charge in [-0.2, -0.15) is 0 Å². The highest BCUT2D eigenvalue weighted by Crippen LogP contribution is 2.12. The SMILES string of the molecule is CC(C)(C)C(=O)NCCNC(=O)c1csc(CCN)n1.Cl. The third-order valence-corrected chi connectivity index (χ3v) is 3.43. The van der Waals surface area contributed by atoms with Crippen molar-refractivity contribution in [3.63, 3.8) is 0 Å². The Morgan fingerprint density at radius 3 is 2.48 bits per heavy atom. The van der Waals surface area contributed by atoms with Gasteiger partial charge in [-0.15, -0.1) is 23.7 Å². The summed E-state index contributed by atoms with van der Waals surface area (Å²) in [5.41, 5.74) is 5.42. The molecule has 0 radical (unpaired) electrons. The van der Waals surface area contributed by atoms with Crippen LogP contribution in [0.1, 0.15) is 36.3 Å². The minimum atomic E-state index is -0.421. The summed E-state index contributed by atoms with van der Waals surface area (Å²) in [6.45, 7) is 6.83. The van der Waals surface area contributed by atoms with Gasteiger partial charge in [0.15, 0.2) is 0 Å². The first-order chi connectivity index (χ1) is 9.34. The van der Waals surface area contributed by atoms with E-state index in [1.54, 1.807) is 5.38 Å². The molecule has 0 unspecified atom stereocenters. The maximum absolute atomic E-state index is 11.8. The largest absolute Gasteiger partial charge is 0.354 e. The fourth-order valence-corrected chi connectivity index (χ4v) is 2.16. The van der Waals surface area contributed by atoms with Crippen LogP contribution in [-0.2, 0) is 11.2 Å². The second-order valence-electron chi connectivity index (χ2n) is 5.43. The Balaban J connectivity index is 0.00000400. The molecule has 1 aromatic rings. The molecule has 1 rings (SSSR count). The summed E-state index contributed by atoms with van der Waals surface area (Å²) < 4.78 is 0. The Morgan fingerprint density at radius 2 is 1.90 bits per heavy atom. The van der Waals surface area contributed by atoms with Gasteiger partial charge in [-0.3, -0.25) is 9.59 Å². The average molecular weight is 335 g/mol. The van der Waals surface area contributed by atoms with Crippen molar-refractivity contribution in [1.29, 1.82) is 0 Å². The van der Waals surface area contributed by atoms with E-state index in [-0.39, 0.29) is 24.2 Å². The first kappa shape index (κ1) is 19.8. The predicted molar refractivity (Wildman–Crippen MR) is 86.9 cm³/mol. The molecule has 6 nitrogen and oxygen atoms in total. The van der Waals surface area contributed by atoms with E-state index >= 15 is 0 Å². The van der Waals surface area contributed by atoms with Gasteiger partial charge in [0.2, 0.25) is 5.91 Å². The number of nitrogens with one attached hydrogen (secondary N) is 2. The van der Waals surface area contributed by atoms with Gasteiger partial charge in [0.1, 0.15) is 5.69 Å². The number of hydrogen-bond acceptors (Lipinski definition) is 5. The Kier molecular flexibility index (Phi) is 8.46. The Hall–Kier alpha value is -1.18. The Labute approximate surface area is 135 Å². The Bertz CT molecular complexity index is 471. The van der Waals surface area contributed by atoms with E-state index in [4.69, 9.17) is 5.73 Å². The van der Waals surface area contributed by atoms with Gasteiger partial charge in [-0.25, -0.2) is 4.98 Å². The molecule has 0 aliphatic carbocycles. The van der Waals surface area contributed by atoms with Gasteiger partial charge in [-0.1, -0.05) is 20.8 Å². The molecule has 1 heterocycles. The van der Waals surface area contributed by atoms with Crippen molar-refractivity contribution >= 4 is 35.6 Å². The molecule has 8 heteroatoms. The lowest BCUT2D eigenvalue weighted by molar-refractivity contribution is -0.128. The summed E-state index contributed by atoms with van der Waals surface area (Å²) in [6, 6.07) is 0. The lowest BCUT2D eigenvalue weighted by atomic mass is 9.96. The molecule has 0 aliphatic rings. The van der Waals surface area contributed by atoms with Crippen molar-refractivity contribution in [3.8, 4) is 0 Å².